The van der Waals surface area contributed by atoms with E-state index in [4.69, 9.17) is 0 Å². The number of aromatic nitrogens is 1. The van der Waals surface area contributed by atoms with Gasteiger partial charge in [-0.15, -0.1) is 0 Å². The molecule has 1 fully saturated rings. The topological polar surface area (TPSA) is 25.2 Å². The largest absolute Gasteiger partial charge is 0.339 e. The van der Waals surface area contributed by atoms with E-state index in [-0.39, 0.29) is 31.8 Å². The molecule has 1 aliphatic heterocycles. The lowest BCUT2D eigenvalue weighted by atomic mass is 10.1. The van der Waals surface area contributed by atoms with Gasteiger partial charge in [-0.3, -0.25) is 4.79 Å². The first-order valence-corrected chi connectivity index (χ1v) is 7.59. The predicted molar refractivity (Wildman–Crippen MR) is 80.7 cm³/mol. The van der Waals surface area contributed by atoms with E-state index in [0.717, 1.165) is 15.4 Å². The van der Waals surface area contributed by atoms with E-state index >= 15 is 0 Å². The Kier molecular flexibility index (Phi) is 3.51. The quantitative estimate of drug-likeness (QED) is 0.762. The van der Waals surface area contributed by atoms with Crippen LogP contribution in [0.25, 0.3) is 10.9 Å². The molecule has 1 saturated heterocycles. The summed E-state index contributed by atoms with van der Waals surface area (Å²) in [6, 6.07) is 7.57. The molecule has 1 amide bonds. The van der Waals surface area contributed by atoms with E-state index < -0.39 is 5.92 Å². The van der Waals surface area contributed by atoms with Gasteiger partial charge in [-0.05, 0) is 28.1 Å². The van der Waals surface area contributed by atoms with Crippen molar-refractivity contribution in [2.45, 2.75) is 18.8 Å². The lowest BCUT2D eigenvalue weighted by Crippen LogP contribution is -2.43. The number of nitrogens with zero attached hydrogens (tertiary/aromatic N) is 2. The van der Waals surface area contributed by atoms with Crippen molar-refractivity contribution in [2.75, 3.05) is 13.1 Å². The highest BCUT2D eigenvalue weighted by molar-refractivity contribution is 9.10. The molecule has 112 valence electrons. The van der Waals surface area contributed by atoms with Gasteiger partial charge in [0.2, 0.25) is 0 Å². The van der Waals surface area contributed by atoms with E-state index in [9.17, 15) is 13.6 Å². The Labute approximate surface area is 129 Å². The Hall–Kier alpha value is -1.43. The summed E-state index contributed by atoms with van der Waals surface area (Å²) in [6.07, 6.45) is -0.515. The molecule has 0 spiro atoms. The molecule has 3 nitrogen and oxygen atoms in total. The van der Waals surface area contributed by atoms with Crippen LogP contribution in [0.3, 0.4) is 0 Å². The maximum atomic E-state index is 13.2. The molecule has 3 rings (SSSR count). The van der Waals surface area contributed by atoms with Crippen LogP contribution in [0.5, 0.6) is 0 Å². The highest BCUT2D eigenvalue weighted by Gasteiger charge is 2.36. The molecule has 6 heteroatoms. The third-order valence-corrected chi connectivity index (χ3v) is 4.65. The highest BCUT2D eigenvalue weighted by Crippen LogP contribution is 2.30. The maximum absolute atomic E-state index is 13.2. The zero-order valence-corrected chi connectivity index (χ0v) is 13.2. The van der Waals surface area contributed by atoms with Gasteiger partial charge in [0.05, 0.1) is 5.52 Å². The smallest absolute Gasteiger partial charge is 0.270 e. The molecule has 0 radical (unpaired) electrons. The zero-order valence-electron chi connectivity index (χ0n) is 11.6. The third-order valence-electron chi connectivity index (χ3n) is 4.01. The van der Waals surface area contributed by atoms with Gasteiger partial charge in [0, 0.05) is 42.8 Å². The van der Waals surface area contributed by atoms with Crippen molar-refractivity contribution in [3.05, 3.63) is 34.4 Å². The Bertz CT molecular complexity index is 701. The number of likely N-dealkylation sites (tertiary alicyclic amines) is 1. The van der Waals surface area contributed by atoms with Crippen molar-refractivity contribution in [1.82, 2.24) is 9.47 Å². The average Bonchev–Trinajstić information content (AvgIpc) is 2.77. The van der Waals surface area contributed by atoms with Crippen molar-refractivity contribution in [3.8, 4) is 0 Å². The van der Waals surface area contributed by atoms with E-state index in [2.05, 4.69) is 15.9 Å². The number of alkyl halides is 2. The van der Waals surface area contributed by atoms with Crippen LogP contribution >= 0.6 is 15.9 Å². The number of rotatable bonds is 1. The molecule has 1 aliphatic rings. The molecule has 0 N–H and O–H groups in total. The van der Waals surface area contributed by atoms with Crippen molar-refractivity contribution in [1.29, 1.82) is 0 Å². The maximum Gasteiger partial charge on any atom is 0.270 e. The van der Waals surface area contributed by atoms with Crippen molar-refractivity contribution >= 4 is 32.7 Å². The number of halogens is 3. The number of hydrogen-bond acceptors (Lipinski definition) is 1. The molecule has 0 saturated carbocycles. The summed E-state index contributed by atoms with van der Waals surface area (Å²) in [5, 5.41) is 0.956. The summed E-state index contributed by atoms with van der Waals surface area (Å²) >= 11 is 3.48. The number of hydrogen-bond donors (Lipinski definition) is 0. The zero-order chi connectivity index (χ0) is 15.2. The molecule has 1 aromatic carbocycles. The predicted octanol–water partition coefficient (Wildman–Crippen LogP) is 3.81. The molecule has 0 unspecified atom stereocenters. The van der Waals surface area contributed by atoms with E-state index in [1.165, 1.54) is 4.90 Å². The van der Waals surface area contributed by atoms with Crippen LogP contribution in [0.2, 0.25) is 0 Å². The van der Waals surface area contributed by atoms with Crippen LogP contribution in [0.4, 0.5) is 8.78 Å². The minimum Gasteiger partial charge on any atom is -0.339 e. The monoisotopic (exact) mass is 356 g/mol. The van der Waals surface area contributed by atoms with Gasteiger partial charge in [-0.25, -0.2) is 8.78 Å². The number of fused-ring (bicyclic) bond motifs is 1. The first-order chi connectivity index (χ1) is 9.89. The normalized spacial score (nSPS) is 18.2. The van der Waals surface area contributed by atoms with Gasteiger partial charge in [0.25, 0.3) is 11.8 Å². The first-order valence-electron chi connectivity index (χ1n) is 6.80. The summed E-state index contributed by atoms with van der Waals surface area (Å²) in [7, 11) is 1.82. The van der Waals surface area contributed by atoms with Gasteiger partial charge in [0.15, 0.2) is 0 Å². The molecule has 2 heterocycles. The van der Waals surface area contributed by atoms with E-state index in [0.29, 0.717) is 5.69 Å². The second kappa shape index (κ2) is 5.09. The number of carbonyl (C=O) groups is 1. The lowest BCUT2D eigenvalue weighted by molar-refractivity contribution is -0.0495. The fraction of sp³-hybridized carbons (Fsp3) is 0.400. The Balaban J connectivity index is 1.92. The van der Waals surface area contributed by atoms with Crippen LogP contribution < -0.4 is 0 Å². The van der Waals surface area contributed by atoms with Crippen molar-refractivity contribution in [2.24, 2.45) is 7.05 Å². The van der Waals surface area contributed by atoms with Gasteiger partial charge >= 0.3 is 0 Å². The van der Waals surface area contributed by atoms with Crippen LogP contribution in [-0.4, -0.2) is 34.4 Å². The summed E-state index contributed by atoms with van der Waals surface area (Å²) in [6.45, 7) is 0.211. The number of piperidine rings is 1. The molecule has 2 aromatic rings. The molecular weight excluding hydrogens is 342 g/mol. The van der Waals surface area contributed by atoms with Crippen LogP contribution in [0, 0.1) is 0 Å². The van der Waals surface area contributed by atoms with Crippen LogP contribution in [0.15, 0.2) is 28.7 Å². The summed E-state index contributed by atoms with van der Waals surface area (Å²) in [4.78, 5) is 14.1. The standard InChI is InChI=1S/C15H15BrF2N2O/c1-19-12(9-10-3-2-4-11(16)13(10)19)14(21)20-7-5-15(17,18)6-8-20/h2-4,9H,5-8H2,1H3. The lowest BCUT2D eigenvalue weighted by Gasteiger charge is -2.31. The van der Waals surface area contributed by atoms with E-state index in [1.807, 2.05) is 35.9 Å². The Morgan fingerprint density at radius 3 is 2.57 bits per heavy atom. The number of aryl methyl sites for hydroxylation is 1. The van der Waals surface area contributed by atoms with Gasteiger partial charge < -0.3 is 9.47 Å². The molecular formula is C15H15BrF2N2O. The highest BCUT2D eigenvalue weighted by atomic mass is 79.9. The summed E-state index contributed by atoms with van der Waals surface area (Å²) in [5.41, 5.74) is 1.46. The fourth-order valence-electron chi connectivity index (χ4n) is 2.77. The molecule has 21 heavy (non-hydrogen) atoms. The third kappa shape index (κ3) is 2.57. The fourth-order valence-corrected chi connectivity index (χ4v) is 3.42. The van der Waals surface area contributed by atoms with Gasteiger partial charge in [0.1, 0.15) is 5.69 Å². The SMILES string of the molecule is Cn1c(C(=O)N2CCC(F)(F)CC2)cc2cccc(Br)c21. The minimum absolute atomic E-state index is 0.106. The average molecular weight is 357 g/mol. The number of para-hydroxylation sites is 1. The Morgan fingerprint density at radius 2 is 1.95 bits per heavy atom. The van der Waals surface area contributed by atoms with Gasteiger partial charge in [-0.1, -0.05) is 12.1 Å². The Morgan fingerprint density at radius 1 is 1.29 bits per heavy atom. The second-order valence-electron chi connectivity index (χ2n) is 5.41. The molecule has 0 atom stereocenters. The minimum atomic E-state index is -2.64. The second-order valence-corrected chi connectivity index (χ2v) is 6.27. The molecule has 0 aliphatic carbocycles. The van der Waals surface area contributed by atoms with Gasteiger partial charge in [-0.2, -0.15) is 0 Å². The summed E-state index contributed by atoms with van der Waals surface area (Å²) < 4.78 is 29.1. The first kappa shape index (κ1) is 14.5. The van der Waals surface area contributed by atoms with Crippen LogP contribution in [-0.2, 0) is 7.05 Å². The van der Waals surface area contributed by atoms with E-state index in [1.54, 1.807) is 0 Å². The summed E-state index contributed by atoms with van der Waals surface area (Å²) in [5.74, 6) is -2.82. The number of carbonyl (C=O) groups excluding carboxylic acids is 1. The number of benzene rings is 1. The molecule has 1 aromatic heterocycles. The van der Waals surface area contributed by atoms with Crippen molar-refractivity contribution < 1.29 is 13.6 Å². The van der Waals surface area contributed by atoms with Crippen LogP contribution in [0.1, 0.15) is 23.3 Å². The number of amides is 1. The van der Waals surface area contributed by atoms with Crippen molar-refractivity contribution in [3.63, 3.8) is 0 Å². The molecule has 0 bridgehead atoms.